The first-order chi connectivity index (χ1) is 11.1. The molecule has 0 fully saturated rings. The molecular formula is C15H20FN5O2. The third kappa shape index (κ3) is 4.94. The standard InChI is InChI=1S/C15H20FN5O2/c1-11(12-4-5-14(23-2)13(16)8-12)20-15(22)18-6-3-7-21-10-17-9-19-21/h4-5,8-11H,3,6-7H2,1-2H3,(H2,18,20,22)/t11-/m0/s1. The number of carbonyl (C=O) groups is 1. The van der Waals surface area contributed by atoms with Crippen molar-refractivity contribution in [2.24, 2.45) is 0 Å². The molecule has 7 nitrogen and oxygen atoms in total. The van der Waals surface area contributed by atoms with Crippen LogP contribution < -0.4 is 15.4 Å². The molecule has 1 atom stereocenters. The SMILES string of the molecule is COc1ccc([C@H](C)NC(=O)NCCCn2cncn2)cc1F. The lowest BCUT2D eigenvalue weighted by Crippen LogP contribution is -2.37. The van der Waals surface area contributed by atoms with Gasteiger partial charge in [-0.05, 0) is 31.0 Å². The lowest BCUT2D eigenvalue weighted by atomic mass is 10.1. The number of methoxy groups -OCH3 is 1. The second-order valence-electron chi connectivity index (χ2n) is 5.03. The molecule has 2 amide bonds. The van der Waals surface area contributed by atoms with Crippen molar-refractivity contribution in [3.8, 4) is 5.75 Å². The van der Waals surface area contributed by atoms with Crippen molar-refractivity contribution in [1.82, 2.24) is 25.4 Å². The summed E-state index contributed by atoms with van der Waals surface area (Å²) in [6.45, 7) is 2.98. The van der Waals surface area contributed by atoms with Crippen LogP contribution in [0.4, 0.5) is 9.18 Å². The van der Waals surface area contributed by atoms with Crippen LogP contribution >= 0.6 is 0 Å². The van der Waals surface area contributed by atoms with Gasteiger partial charge >= 0.3 is 6.03 Å². The molecule has 0 bridgehead atoms. The lowest BCUT2D eigenvalue weighted by molar-refractivity contribution is 0.237. The largest absolute Gasteiger partial charge is 0.494 e. The fourth-order valence-electron chi connectivity index (χ4n) is 2.07. The molecule has 2 rings (SSSR count). The number of aromatic nitrogens is 3. The molecule has 0 aliphatic carbocycles. The van der Waals surface area contributed by atoms with E-state index in [1.54, 1.807) is 30.1 Å². The Morgan fingerprint density at radius 2 is 2.30 bits per heavy atom. The smallest absolute Gasteiger partial charge is 0.315 e. The summed E-state index contributed by atoms with van der Waals surface area (Å²) >= 11 is 0. The summed E-state index contributed by atoms with van der Waals surface area (Å²) in [6.07, 6.45) is 3.83. The molecule has 8 heteroatoms. The number of ether oxygens (including phenoxy) is 1. The van der Waals surface area contributed by atoms with Crippen molar-refractivity contribution in [2.75, 3.05) is 13.7 Å². The van der Waals surface area contributed by atoms with Gasteiger partial charge in [0.1, 0.15) is 12.7 Å². The number of aryl methyl sites for hydroxylation is 1. The molecule has 2 N–H and O–H groups in total. The highest BCUT2D eigenvalue weighted by Crippen LogP contribution is 2.21. The fourth-order valence-corrected chi connectivity index (χ4v) is 2.07. The maximum atomic E-state index is 13.7. The number of amides is 2. The van der Waals surface area contributed by atoms with Gasteiger partial charge in [0.15, 0.2) is 11.6 Å². The number of hydrogen-bond acceptors (Lipinski definition) is 4. The van der Waals surface area contributed by atoms with E-state index in [9.17, 15) is 9.18 Å². The summed E-state index contributed by atoms with van der Waals surface area (Å²) < 4.78 is 20.2. The third-order valence-electron chi connectivity index (χ3n) is 3.34. The number of nitrogens with zero attached hydrogens (tertiary/aromatic N) is 3. The Labute approximate surface area is 133 Å². The number of urea groups is 1. The summed E-state index contributed by atoms with van der Waals surface area (Å²) in [4.78, 5) is 15.7. The molecule has 0 saturated heterocycles. The highest BCUT2D eigenvalue weighted by atomic mass is 19.1. The molecule has 1 aromatic carbocycles. The van der Waals surface area contributed by atoms with Crippen molar-refractivity contribution in [2.45, 2.75) is 25.9 Å². The van der Waals surface area contributed by atoms with Gasteiger partial charge in [0.05, 0.1) is 13.2 Å². The van der Waals surface area contributed by atoms with Crippen molar-refractivity contribution in [3.05, 3.63) is 42.2 Å². The molecule has 124 valence electrons. The van der Waals surface area contributed by atoms with Crippen molar-refractivity contribution < 1.29 is 13.9 Å². The van der Waals surface area contributed by atoms with Crippen LogP contribution in [-0.4, -0.2) is 34.5 Å². The van der Waals surface area contributed by atoms with E-state index < -0.39 is 5.82 Å². The van der Waals surface area contributed by atoms with E-state index in [0.717, 1.165) is 6.42 Å². The van der Waals surface area contributed by atoms with Crippen molar-refractivity contribution in [1.29, 1.82) is 0 Å². The average molecular weight is 321 g/mol. The van der Waals surface area contributed by atoms with Crippen molar-refractivity contribution in [3.63, 3.8) is 0 Å². The number of halogens is 1. The van der Waals surface area contributed by atoms with Crippen molar-refractivity contribution >= 4 is 6.03 Å². The van der Waals surface area contributed by atoms with Crippen LogP contribution in [0, 0.1) is 5.82 Å². The molecule has 1 aromatic heterocycles. The molecule has 0 unspecified atom stereocenters. The van der Waals surface area contributed by atoms with Gasteiger partial charge in [0.2, 0.25) is 0 Å². The zero-order valence-corrected chi connectivity index (χ0v) is 13.1. The normalized spacial score (nSPS) is 11.8. The molecule has 0 saturated carbocycles. The van der Waals surface area contributed by atoms with Gasteiger partial charge in [0, 0.05) is 13.1 Å². The number of carbonyl (C=O) groups excluding carboxylic acids is 1. The van der Waals surface area contributed by atoms with E-state index in [0.29, 0.717) is 18.7 Å². The van der Waals surface area contributed by atoms with E-state index in [4.69, 9.17) is 4.74 Å². The van der Waals surface area contributed by atoms with E-state index in [2.05, 4.69) is 20.7 Å². The van der Waals surface area contributed by atoms with Gasteiger partial charge in [-0.3, -0.25) is 4.68 Å². The molecule has 23 heavy (non-hydrogen) atoms. The third-order valence-corrected chi connectivity index (χ3v) is 3.34. The molecule has 1 heterocycles. The zero-order chi connectivity index (χ0) is 16.7. The Kier molecular flexibility index (Phi) is 5.90. The van der Waals surface area contributed by atoms with E-state index >= 15 is 0 Å². The second kappa shape index (κ2) is 8.11. The van der Waals surface area contributed by atoms with Gasteiger partial charge in [-0.15, -0.1) is 0 Å². The molecular weight excluding hydrogens is 301 g/mol. The number of benzene rings is 1. The maximum absolute atomic E-state index is 13.7. The van der Waals surface area contributed by atoms with Gasteiger partial charge < -0.3 is 15.4 Å². The van der Waals surface area contributed by atoms with Gasteiger partial charge in [-0.1, -0.05) is 6.07 Å². The number of hydrogen-bond donors (Lipinski definition) is 2. The highest BCUT2D eigenvalue weighted by Gasteiger charge is 2.11. The average Bonchev–Trinajstić information content (AvgIpc) is 3.04. The minimum Gasteiger partial charge on any atom is -0.494 e. The minimum atomic E-state index is -0.452. The first kappa shape index (κ1) is 16.7. The van der Waals surface area contributed by atoms with Crippen LogP contribution in [-0.2, 0) is 6.54 Å². The van der Waals surface area contributed by atoms with E-state index in [1.165, 1.54) is 19.5 Å². The van der Waals surface area contributed by atoms with Gasteiger partial charge in [0.25, 0.3) is 0 Å². The maximum Gasteiger partial charge on any atom is 0.315 e. The minimum absolute atomic E-state index is 0.179. The lowest BCUT2D eigenvalue weighted by Gasteiger charge is -2.16. The molecule has 0 radical (unpaired) electrons. The summed E-state index contributed by atoms with van der Waals surface area (Å²) in [5, 5.41) is 9.49. The topological polar surface area (TPSA) is 81.1 Å². The monoisotopic (exact) mass is 321 g/mol. The molecule has 0 aliphatic rings. The van der Waals surface area contributed by atoms with E-state index in [-0.39, 0.29) is 17.8 Å². The van der Waals surface area contributed by atoms with Crippen LogP contribution in [0.2, 0.25) is 0 Å². The van der Waals surface area contributed by atoms with Crippen LogP contribution in [0.1, 0.15) is 24.9 Å². The predicted octanol–water partition coefficient (Wildman–Crippen LogP) is 1.88. The van der Waals surface area contributed by atoms with Crippen LogP contribution in [0.15, 0.2) is 30.9 Å². The number of nitrogens with one attached hydrogen (secondary N) is 2. The molecule has 0 aliphatic heterocycles. The Bertz CT molecular complexity index is 633. The molecule has 2 aromatic rings. The fraction of sp³-hybridized carbons (Fsp3) is 0.400. The summed E-state index contributed by atoms with van der Waals surface area (Å²) in [5.41, 5.74) is 0.668. The zero-order valence-electron chi connectivity index (χ0n) is 13.1. The second-order valence-corrected chi connectivity index (χ2v) is 5.03. The quantitative estimate of drug-likeness (QED) is 0.763. The van der Waals surface area contributed by atoms with Gasteiger partial charge in [-0.2, -0.15) is 5.10 Å². The van der Waals surface area contributed by atoms with Crippen LogP contribution in [0.5, 0.6) is 5.75 Å². The Morgan fingerprint density at radius 3 is 2.96 bits per heavy atom. The van der Waals surface area contributed by atoms with E-state index in [1.807, 2.05) is 0 Å². The summed E-state index contributed by atoms with van der Waals surface area (Å²) in [6, 6.07) is 4.00. The summed E-state index contributed by atoms with van der Waals surface area (Å²) in [7, 11) is 1.41. The molecule has 0 spiro atoms. The predicted molar refractivity (Wildman–Crippen MR) is 82.5 cm³/mol. The summed E-state index contributed by atoms with van der Waals surface area (Å²) in [5.74, 6) is -0.273. The first-order valence-electron chi connectivity index (χ1n) is 7.30. The number of rotatable bonds is 7. The highest BCUT2D eigenvalue weighted by molar-refractivity contribution is 5.74. The van der Waals surface area contributed by atoms with Crippen LogP contribution in [0.25, 0.3) is 0 Å². The van der Waals surface area contributed by atoms with Gasteiger partial charge in [-0.25, -0.2) is 14.2 Å². The Balaban J connectivity index is 1.74. The Hall–Kier alpha value is -2.64. The first-order valence-corrected chi connectivity index (χ1v) is 7.30. The Morgan fingerprint density at radius 1 is 1.48 bits per heavy atom. The van der Waals surface area contributed by atoms with Crippen LogP contribution in [0.3, 0.4) is 0 Å².